The number of benzene rings is 1. The van der Waals surface area contributed by atoms with E-state index in [4.69, 9.17) is 16.7 Å². The summed E-state index contributed by atoms with van der Waals surface area (Å²) < 4.78 is 0. The van der Waals surface area contributed by atoms with E-state index in [0.717, 1.165) is 43.5 Å². The van der Waals surface area contributed by atoms with Gasteiger partial charge in [-0.25, -0.2) is 0 Å². The normalized spacial score (nSPS) is 29.1. The molecule has 0 spiro atoms. The van der Waals surface area contributed by atoms with Gasteiger partial charge in [0.05, 0.1) is 5.92 Å². The van der Waals surface area contributed by atoms with Crippen molar-refractivity contribution in [3.05, 3.63) is 34.3 Å². The molecule has 2 aliphatic rings. The Balaban J connectivity index is 1.61. The van der Waals surface area contributed by atoms with Crippen LogP contribution in [0.5, 0.6) is 0 Å². The van der Waals surface area contributed by atoms with Crippen molar-refractivity contribution in [1.29, 1.82) is 0 Å². The number of hydrogen-bond donors (Lipinski definition) is 2. The number of hydrogen-bond acceptors (Lipinski definition) is 2. The second-order valence-electron chi connectivity index (χ2n) is 5.95. The lowest BCUT2D eigenvalue weighted by Crippen LogP contribution is -2.36. The van der Waals surface area contributed by atoms with Crippen LogP contribution in [0.15, 0.2) is 18.2 Å². The SMILES string of the molecule is O=C(O)C1CCC(NC2CCc3c(Cl)cccc32)CC1. The zero-order valence-corrected chi connectivity index (χ0v) is 12.2. The van der Waals surface area contributed by atoms with Crippen LogP contribution in [0.25, 0.3) is 0 Å². The van der Waals surface area contributed by atoms with Gasteiger partial charge >= 0.3 is 5.97 Å². The third-order valence-corrected chi connectivity index (χ3v) is 5.08. The van der Waals surface area contributed by atoms with Gasteiger partial charge in [-0.15, -0.1) is 0 Å². The zero-order chi connectivity index (χ0) is 14.1. The number of halogens is 1. The lowest BCUT2D eigenvalue weighted by Gasteiger charge is -2.29. The average Bonchev–Trinajstić information content (AvgIpc) is 2.84. The van der Waals surface area contributed by atoms with Crippen LogP contribution in [-0.2, 0) is 11.2 Å². The number of rotatable bonds is 3. The second kappa shape index (κ2) is 5.74. The minimum absolute atomic E-state index is 0.140. The van der Waals surface area contributed by atoms with E-state index in [1.165, 1.54) is 11.1 Å². The van der Waals surface area contributed by atoms with Crippen LogP contribution in [0, 0.1) is 5.92 Å². The molecule has 3 rings (SSSR count). The van der Waals surface area contributed by atoms with Gasteiger partial charge in [-0.05, 0) is 55.7 Å². The maximum absolute atomic E-state index is 11.0. The molecular weight excluding hydrogens is 274 g/mol. The molecule has 1 unspecified atom stereocenters. The lowest BCUT2D eigenvalue weighted by atomic mass is 9.85. The Kier molecular flexibility index (Phi) is 3.99. The molecule has 0 radical (unpaired) electrons. The molecule has 0 aliphatic heterocycles. The molecular formula is C16H20ClNO2. The molecule has 4 heteroatoms. The van der Waals surface area contributed by atoms with Crippen LogP contribution in [0.1, 0.15) is 49.3 Å². The van der Waals surface area contributed by atoms with Crippen molar-refractivity contribution in [1.82, 2.24) is 5.32 Å². The summed E-state index contributed by atoms with van der Waals surface area (Å²) in [6.07, 6.45) is 5.64. The second-order valence-corrected chi connectivity index (χ2v) is 6.36. The fourth-order valence-electron chi connectivity index (χ4n) is 3.57. The molecule has 1 aromatic rings. The minimum Gasteiger partial charge on any atom is -0.481 e. The number of nitrogens with one attached hydrogen (secondary N) is 1. The van der Waals surface area contributed by atoms with E-state index in [0.29, 0.717) is 12.1 Å². The van der Waals surface area contributed by atoms with E-state index in [-0.39, 0.29) is 5.92 Å². The Morgan fingerprint density at radius 3 is 2.65 bits per heavy atom. The molecule has 1 fully saturated rings. The van der Waals surface area contributed by atoms with Crippen LogP contribution in [0.3, 0.4) is 0 Å². The Labute approximate surface area is 124 Å². The highest BCUT2D eigenvalue weighted by Gasteiger charge is 2.30. The number of fused-ring (bicyclic) bond motifs is 1. The summed E-state index contributed by atoms with van der Waals surface area (Å²) in [5, 5.41) is 13.6. The van der Waals surface area contributed by atoms with Crippen molar-refractivity contribution in [2.45, 2.75) is 50.6 Å². The molecule has 3 nitrogen and oxygen atoms in total. The summed E-state index contributed by atoms with van der Waals surface area (Å²) in [6, 6.07) is 6.97. The van der Waals surface area contributed by atoms with Crippen LogP contribution < -0.4 is 5.32 Å². The summed E-state index contributed by atoms with van der Waals surface area (Å²) in [7, 11) is 0. The summed E-state index contributed by atoms with van der Waals surface area (Å²) in [5.41, 5.74) is 2.61. The molecule has 0 saturated heterocycles. The van der Waals surface area contributed by atoms with Crippen molar-refractivity contribution in [3.63, 3.8) is 0 Å². The summed E-state index contributed by atoms with van der Waals surface area (Å²) in [4.78, 5) is 11.0. The first kappa shape index (κ1) is 13.9. The Morgan fingerprint density at radius 1 is 1.20 bits per heavy atom. The van der Waals surface area contributed by atoms with Gasteiger partial charge in [0.1, 0.15) is 0 Å². The van der Waals surface area contributed by atoms with Gasteiger partial charge in [0, 0.05) is 17.1 Å². The van der Waals surface area contributed by atoms with Gasteiger partial charge in [-0.3, -0.25) is 4.79 Å². The molecule has 2 N–H and O–H groups in total. The number of carbonyl (C=O) groups is 1. The first-order valence-corrected chi connectivity index (χ1v) is 7.79. The lowest BCUT2D eigenvalue weighted by molar-refractivity contribution is -0.142. The minimum atomic E-state index is -0.638. The largest absolute Gasteiger partial charge is 0.481 e. The zero-order valence-electron chi connectivity index (χ0n) is 11.4. The molecule has 1 saturated carbocycles. The van der Waals surface area contributed by atoms with E-state index in [9.17, 15) is 4.79 Å². The molecule has 0 aromatic heterocycles. The highest BCUT2D eigenvalue weighted by Crippen LogP contribution is 2.37. The molecule has 0 amide bonds. The Bertz CT molecular complexity index is 509. The van der Waals surface area contributed by atoms with Crippen molar-refractivity contribution in [3.8, 4) is 0 Å². The maximum Gasteiger partial charge on any atom is 0.306 e. The standard InChI is InChI=1S/C16H20ClNO2/c17-14-3-1-2-13-12(14)8-9-15(13)18-11-6-4-10(5-7-11)16(19)20/h1-3,10-11,15,18H,4-9H2,(H,19,20). The number of carboxylic acid groups (broad SMARTS) is 1. The maximum atomic E-state index is 11.0. The van der Waals surface area contributed by atoms with Crippen molar-refractivity contribution in [2.75, 3.05) is 0 Å². The molecule has 1 atom stereocenters. The van der Waals surface area contributed by atoms with E-state index < -0.39 is 5.97 Å². The number of aliphatic carboxylic acids is 1. The van der Waals surface area contributed by atoms with Gasteiger partial charge < -0.3 is 10.4 Å². The predicted molar refractivity (Wildman–Crippen MR) is 79.0 cm³/mol. The molecule has 20 heavy (non-hydrogen) atoms. The van der Waals surface area contributed by atoms with E-state index in [2.05, 4.69) is 11.4 Å². The smallest absolute Gasteiger partial charge is 0.306 e. The number of carboxylic acids is 1. The summed E-state index contributed by atoms with van der Waals surface area (Å²) >= 11 is 6.24. The van der Waals surface area contributed by atoms with Crippen LogP contribution in [-0.4, -0.2) is 17.1 Å². The highest BCUT2D eigenvalue weighted by molar-refractivity contribution is 6.31. The first-order chi connectivity index (χ1) is 9.65. The van der Waals surface area contributed by atoms with E-state index in [1.54, 1.807) is 0 Å². The quantitative estimate of drug-likeness (QED) is 0.896. The molecule has 0 heterocycles. The fourth-order valence-corrected chi connectivity index (χ4v) is 3.85. The predicted octanol–water partition coefficient (Wildman–Crippen LogP) is 3.56. The van der Waals surface area contributed by atoms with Crippen molar-refractivity contribution in [2.24, 2.45) is 5.92 Å². The first-order valence-electron chi connectivity index (χ1n) is 7.41. The third-order valence-electron chi connectivity index (χ3n) is 4.73. The topological polar surface area (TPSA) is 49.3 Å². The summed E-state index contributed by atoms with van der Waals surface area (Å²) in [5.74, 6) is -0.778. The monoisotopic (exact) mass is 293 g/mol. The summed E-state index contributed by atoms with van der Waals surface area (Å²) in [6.45, 7) is 0. The highest BCUT2D eigenvalue weighted by atomic mass is 35.5. The van der Waals surface area contributed by atoms with Gasteiger partial charge in [-0.1, -0.05) is 23.7 Å². The average molecular weight is 294 g/mol. The molecule has 108 valence electrons. The molecule has 0 bridgehead atoms. The van der Waals surface area contributed by atoms with Gasteiger partial charge in [0.25, 0.3) is 0 Å². The van der Waals surface area contributed by atoms with Crippen molar-refractivity contribution >= 4 is 17.6 Å². The fraction of sp³-hybridized carbons (Fsp3) is 0.562. The van der Waals surface area contributed by atoms with Crippen LogP contribution >= 0.6 is 11.6 Å². The molecule has 1 aromatic carbocycles. The Morgan fingerprint density at radius 2 is 1.95 bits per heavy atom. The molecule has 2 aliphatic carbocycles. The van der Waals surface area contributed by atoms with E-state index >= 15 is 0 Å². The van der Waals surface area contributed by atoms with Crippen LogP contribution in [0.2, 0.25) is 5.02 Å². The van der Waals surface area contributed by atoms with Gasteiger partial charge in [0.15, 0.2) is 0 Å². The van der Waals surface area contributed by atoms with Gasteiger partial charge in [0.2, 0.25) is 0 Å². The van der Waals surface area contributed by atoms with Gasteiger partial charge in [-0.2, -0.15) is 0 Å². The van der Waals surface area contributed by atoms with Crippen molar-refractivity contribution < 1.29 is 9.90 Å². The Hall–Kier alpha value is -1.06. The van der Waals surface area contributed by atoms with E-state index in [1.807, 2.05) is 12.1 Å². The van der Waals surface area contributed by atoms with Crippen LogP contribution in [0.4, 0.5) is 0 Å². The third kappa shape index (κ3) is 2.70.